The Morgan fingerprint density at radius 3 is 3.04 bits per heavy atom. The Bertz CT molecular complexity index is 960. The Morgan fingerprint density at radius 1 is 1.50 bits per heavy atom. The fourth-order valence-corrected chi connectivity index (χ4v) is 2.55. The quantitative estimate of drug-likeness (QED) is 0.721. The first-order chi connectivity index (χ1) is 11.5. The molecule has 0 spiro atoms. The van der Waals surface area contributed by atoms with E-state index >= 15 is 0 Å². The third kappa shape index (κ3) is 2.73. The number of fused-ring (bicyclic) bond motifs is 1. The second kappa shape index (κ2) is 6.15. The van der Waals surface area contributed by atoms with Gasteiger partial charge in [0.05, 0.1) is 25.6 Å². The average molecular weight is 329 g/mol. The third-order valence-corrected chi connectivity index (χ3v) is 3.67. The van der Waals surface area contributed by atoms with E-state index in [1.165, 1.54) is 23.9 Å². The third-order valence-electron chi connectivity index (χ3n) is 3.67. The van der Waals surface area contributed by atoms with Crippen LogP contribution in [-0.4, -0.2) is 32.8 Å². The molecule has 1 N–H and O–H groups in total. The van der Waals surface area contributed by atoms with Gasteiger partial charge in [-0.15, -0.1) is 0 Å². The van der Waals surface area contributed by atoms with Gasteiger partial charge in [0, 0.05) is 24.0 Å². The zero-order chi connectivity index (χ0) is 17.3. The predicted octanol–water partition coefficient (Wildman–Crippen LogP) is 1.39. The molecule has 3 aromatic rings. The van der Waals surface area contributed by atoms with Crippen LogP contribution in [0.3, 0.4) is 0 Å². The molecule has 8 heteroatoms. The molecule has 0 saturated heterocycles. The van der Waals surface area contributed by atoms with Gasteiger partial charge in [-0.3, -0.25) is 9.59 Å². The predicted molar refractivity (Wildman–Crippen MR) is 82.8 cm³/mol. The fourth-order valence-electron chi connectivity index (χ4n) is 2.55. The van der Waals surface area contributed by atoms with Crippen molar-refractivity contribution in [2.75, 3.05) is 7.11 Å². The average Bonchev–Trinajstić information content (AvgIpc) is 3.00. The summed E-state index contributed by atoms with van der Waals surface area (Å²) in [5, 5.41) is 14.3. The van der Waals surface area contributed by atoms with Gasteiger partial charge in [0.2, 0.25) is 11.2 Å². The molecule has 0 aromatic carbocycles. The lowest BCUT2D eigenvalue weighted by Gasteiger charge is -2.15. The van der Waals surface area contributed by atoms with Crippen LogP contribution in [-0.2, 0) is 9.53 Å². The number of esters is 1. The molecule has 3 aromatic heterocycles. The first kappa shape index (κ1) is 15.7. The number of hydrogen-bond acceptors (Lipinski definition) is 7. The number of carbonyl (C=O) groups is 1. The number of ether oxygens (including phenoxy) is 1. The molecular weight excluding hydrogens is 314 g/mol. The molecule has 0 bridgehead atoms. The topological polar surface area (TPSA) is 107 Å². The Balaban J connectivity index is 2.21. The van der Waals surface area contributed by atoms with Gasteiger partial charge >= 0.3 is 5.97 Å². The molecule has 0 saturated carbocycles. The summed E-state index contributed by atoms with van der Waals surface area (Å²) in [4.78, 5) is 28.0. The van der Waals surface area contributed by atoms with E-state index in [0.717, 1.165) is 0 Å². The monoisotopic (exact) mass is 329 g/mol. The number of methoxy groups -OCH3 is 1. The van der Waals surface area contributed by atoms with Crippen molar-refractivity contribution in [1.29, 1.82) is 0 Å². The molecule has 0 radical (unpaired) electrons. The van der Waals surface area contributed by atoms with Gasteiger partial charge in [0.1, 0.15) is 5.76 Å². The second-order valence-corrected chi connectivity index (χ2v) is 5.25. The highest BCUT2D eigenvalue weighted by Crippen LogP contribution is 2.34. The lowest BCUT2D eigenvalue weighted by atomic mass is 9.94. The normalized spacial score (nSPS) is 12.2. The van der Waals surface area contributed by atoms with Crippen LogP contribution in [0, 0.1) is 6.92 Å². The summed E-state index contributed by atoms with van der Waals surface area (Å²) in [6, 6.07) is 2.89. The van der Waals surface area contributed by atoms with E-state index in [9.17, 15) is 14.7 Å². The molecule has 1 atom stereocenters. The molecule has 3 heterocycles. The van der Waals surface area contributed by atoms with Crippen molar-refractivity contribution >= 4 is 11.6 Å². The summed E-state index contributed by atoms with van der Waals surface area (Å²) >= 11 is 0. The summed E-state index contributed by atoms with van der Waals surface area (Å²) in [6.07, 6.45) is 4.68. The Labute approximate surface area is 136 Å². The zero-order valence-electron chi connectivity index (χ0n) is 13.1. The minimum Gasteiger partial charge on any atom is -0.502 e. The lowest BCUT2D eigenvalue weighted by molar-refractivity contribution is -0.140. The molecule has 0 aliphatic rings. The highest BCUT2D eigenvalue weighted by molar-refractivity contribution is 5.72. The van der Waals surface area contributed by atoms with Gasteiger partial charge < -0.3 is 14.3 Å². The van der Waals surface area contributed by atoms with Crippen molar-refractivity contribution in [3.8, 4) is 5.75 Å². The number of aromatic hydroxyl groups is 1. The van der Waals surface area contributed by atoms with Crippen LogP contribution < -0.4 is 5.43 Å². The molecule has 0 amide bonds. The van der Waals surface area contributed by atoms with E-state index in [1.54, 1.807) is 25.4 Å². The minimum absolute atomic E-state index is 0.00838. The Kier molecular flexibility index (Phi) is 4.03. The van der Waals surface area contributed by atoms with E-state index in [2.05, 4.69) is 10.1 Å². The fraction of sp³-hybridized carbons (Fsp3) is 0.250. The van der Waals surface area contributed by atoms with E-state index in [-0.39, 0.29) is 12.2 Å². The second-order valence-electron chi connectivity index (χ2n) is 5.25. The molecule has 24 heavy (non-hydrogen) atoms. The molecule has 1 unspecified atom stereocenters. The van der Waals surface area contributed by atoms with Gasteiger partial charge in [0.25, 0.3) is 0 Å². The molecule has 3 rings (SSSR count). The van der Waals surface area contributed by atoms with Gasteiger partial charge in [-0.05, 0) is 13.0 Å². The summed E-state index contributed by atoms with van der Waals surface area (Å²) in [5.41, 5.74) is 0.466. The number of carbonyl (C=O) groups excluding carboxylic acids is 1. The maximum absolute atomic E-state index is 11.9. The van der Waals surface area contributed by atoms with Crippen LogP contribution in [0.4, 0.5) is 0 Å². The first-order valence-corrected chi connectivity index (χ1v) is 7.20. The van der Waals surface area contributed by atoms with Crippen molar-refractivity contribution in [3.05, 3.63) is 58.0 Å². The molecule has 8 nitrogen and oxygen atoms in total. The van der Waals surface area contributed by atoms with Gasteiger partial charge in [-0.25, -0.2) is 9.50 Å². The zero-order valence-corrected chi connectivity index (χ0v) is 13.1. The van der Waals surface area contributed by atoms with Crippen molar-refractivity contribution in [2.45, 2.75) is 19.3 Å². The lowest BCUT2D eigenvalue weighted by Crippen LogP contribution is -2.13. The molecule has 0 aliphatic carbocycles. The number of hydrogen-bond donors (Lipinski definition) is 1. The summed E-state index contributed by atoms with van der Waals surface area (Å²) in [7, 11) is 1.26. The van der Waals surface area contributed by atoms with Crippen molar-refractivity contribution < 1.29 is 19.1 Å². The Morgan fingerprint density at radius 2 is 2.29 bits per heavy atom. The summed E-state index contributed by atoms with van der Waals surface area (Å²) in [5.74, 6) is -1.49. The smallest absolute Gasteiger partial charge is 0.306 e. The molecule has 124 valence electrons. The van der Waals surface area contributed by atoms with E-state index in [4.69, 9.17) is 9.15 Å². The standard InChI is InChI=1S/C16H15N3O5/c1-9-6-12(20)14(22)15(24-9)10(7-13(21)23-2)11-8-18-19-5-3-4-17-16(11)19/h3-6,8,10,22H,7H2,1-2H3. The number of rotatable bonds is 4. The van der Waals surface area contributed by atoms with Crippen LogP contribution in [0.25, 0.3) is 5.65 Å². The summed E-state index contributed by atoms with van der Waals surface area (Å²) in [6.45, 7) is 1.59. The number of aryl methyl sites for hydroxylation is 1. The van der Waals surface area contributed by atoms with Crippen molar-refractivity contribution in [1.82, 2.24) is 14.6 Å². The highest BCUT2D eigenvalue weighted by Gasteiger charge is 2.29. The van der Waals surface area contributed by atoms with Crippen molar-refractivity contribution in [3.63, 3.8) is 0 Å². The van der Waals surface area contributed by atoms with E-state index < -0.39 is 23.1 Å². The van der Waals surface area contributed by atoms with Crippen LogP contribution >= 0.6 is 0 Å². The highest BCUT2D eigenvalue weighted by atomic mass is 16.5. The largest absolute Gasteiger partial charge is 0.502 e. The van der Waals surface area contributed by atoms with Crippen LogP contribution in [0.2, 0.25) is 0 Å². The maximum Gasteiger partial charge on any atom is 0.306 e. The SMILES string of the molecule is COC(=O)CC(c1oc(C)cc(=O)c1O)c1cnn2cccnc12. The van der Waals surface area contributed by atoms with Crippen LogP contribution in [0.1, 0.15) is 29.4 Å². The Hall–Kier alpha value is -3.16. The van der Waals surface area contributed by atoms with Gasteiger partial charge in [-0.2, -0.15) is 5.10 Å². The van der Waals surface area contributed by atoms with E-state index in [1.807, 2.05) is 0 Å². The van der Waals surface area contributed by atoms with Gasteiger partial charge in [0.15, 0.2) is 11.4 Å². The van der Waals surface area contributed by atoms with Crippen LogP contribution in [0.5, 0.6) is 5.75 Å². The minimum atomic E-state index is -0.752. The molecule has 0 fully saturated rings. The van der Waals surface area contributed by atoms with Crippen LogP contribution in [0.15, 0.2) is 39.9 Å². The maximum atomic E-state index is 11.9. The number of aromatic nitrogens is 3. The first-order valence-electron chi connectivity index (χ1n) is 7.20. The van der Waals surface area contributed by atoms with Crippen molar-refractivity contribution in [2.24, 2.45) is 0 Å². The van der Waals surface area contributed by atoms with Gasteiger partial charge in [-0.1, -0.05) is 0 Å². The number of nitrogens with zero attached hydrogens (tertiary/aromatic N) is 3. The molecule has 0 aliphatic heterocycles. The van der Waals surface area contributed by atoms with E-state index in [0.29, 0.717) is 17.0 Å². The summed E-state index contributed by atoms with van der Waals surface area (Å²) < 4.78 is 11.8. The molecular formula is C16H15N3O5.